The lowest BCUT2D eigenvalue weighted by molar-refractivity contribution is 0.254. The zero-order valence-electron chi connectivity index (χ0n) is 13.9. The van der Waals surface area contributed by atoms with Gasteiger partial charge in [0.1, 0.15) is 0 Å². The van der Waals surface area contributed by atoms with Crippen LogP contribution < -0.4 is 5.32 Å². The van der Waals surface area contributed by atoms with Crippen LogP contribution >= 0.6 is 0 Å². The number of hydrogen-bond donors (Lipinski definition) is 1. The number of amides is 1. The summed E-state index contributed by atoms with van der Waals surface area (Å²) >= 11 is 0. The first-order valence-electron chi connectivity index (χ1n) is 8.26. The standard InChI is InChI=1S/C22H18N2O/c1-16-9-5-6-12-18(16)20-15-24(21-14-8-7-13-19(20)21)22(25)23-17-10-3-2-4-11-17/h2-15H,1H3,(H,23,25). The van der Waals surface area contributed by atoms with E-state index in [1.807, 2.05) is 66.9 Å². The fourth-order valence-corrected chi connectivity index (χ4v) is 3.14. The largest absolute Gasteiger partial charge is 0.330 e. The normalized spacial score (nSPS) is 10.8. The first-order chi connectivity index (χ1) is 12.2. The Labute approximate surface area is 146 Å². The second-order valence-corrected chi connectivity index (χ2v) is 6.04. The number of rotatable bonds is 2. The Morgan fingerprint density at radius 2 is 1.48 bits per heavy atom. The molecule has 25 heavy (non-hydrogen) atoms. The van der Waals surface area contributed by atoms with Gasteiger partial charge in [-0.3, -0.25) is 4.57 Å². The lowest BCUT2D eigenvalue weighted by Gasteiger charge is -2.06. The van der Waals surface area contributed by atoms with Crippen LogP contribution in [0.2, 0.25) is 0 Å². The molecule has 0 aliphatic carbocycles. The molecule has 1 amide bonds. The number of fused-ring (bicyclic) bond motifs is 1. The van der Waals surface area contributed by atoms with E-state index in [-0.39, 0.29) is 6.03 Å². The maximum Gasteiger partial charge on any atom is 0.330 e. The number of anilines is 1. The molecule has 3 nitrogen and oxygen atoms in total. The highest BCUT2D eigenvalue weighted by Crippen LogP contribution is 2.32. The van der Waals surface area contributed by atoms with Crippen molar-refractivity contribution in [2.24, 2.45) is 0 Å². The maximum absolute atomic E-state index is 12.8. The van der Waals surface area contributed by atoms with E-state index in [4.69, 9.17) is 0 Å². The van der Waals surface area contributed by atoms with E-state index >= 15 is 0 Å². The molecule has 3 aromatic carbocycles. The fourth-order valence-electron chi connectivity index (χ4n) is 3.14. The first-order valence-corrected chi connectivity index (χ1v) is 8.26. The zero-order valence-corrected chi connectivity index (χ0v) is 13.9. The quantitative estimate of drug-likeness (QED) is 0.504. The predicted molar refractivity (Wildman–Crippen MR) is 103 cm³/mol. The number of aryl methyl sites for hydroxylation is 1. The summed E-state index contributed by atoms with van der Waals surface area (Å²) in [5.41, 5.74) is 5.08. The van der Waals surface area contributed by atoms with Crippen molar-refractivity contribution >= 4 is 22.6 Å². The molecule has 3 heteroatoms. The van der Waals surface area contributed by atoms with Crippen molar-refractivity contribution in [1.29, 1.82) is 0 Å². The summed E-state index contributed by atoms with van der Waals surface area (Å²) in [6.45, 7) is 2.09. The van der Waals surface area contributed by atoms with E-state index in [1.54, 1.807) is 4.57 Å². The molecule has 0 radical (unpaired) electrons. The molecule has 1 aromatic heterocycles. The summed E-state index contributed by atoms with van der Waals surface area (Å²) in [5.74, 6) is 0. The minimum Gasteiger partial charge on any atom is -0.307 e. The van der Waals surface area contributed by atoms with Gasteiger partial charge in [-0.05, 0) is 36.2 Å². The molecule has 0 aliphatic heterocycles. The molecule has 0 atom stereocenters. The highest BCUT2D eigenvalue weighted by atomic mass is 16.2. The van der Waals surface area contributed by atoms with Crippen molar-refractivity contribution in [2.75, 3.05) is 5.32 Å². The minimum absolute atomic E-state index is 0.165. The van der Waals surface area contributed by atoms with Gasteiger partial charge in [0, 0.05) is 22.8 Å². The van der Waals surface area contributed by atoms with Gasteiger partial charge in [-0.25, -0.2) is 4.79 Å². The predicted octanol–water partition coefficient (Wildman–Crippen LogP) is 5.70. The van der Waals surface area contributed by atoms with E-state index in [2.05, 4.69) is 30.4 Å². The second kappa shape index (κ2) is 6.29. The zero-order chi connectivity index (χ0) is 17.2. The van der Waals surface area contributed by atoms with Gasteiger partial charge < -0.3 is 5.32 Å². The van der Waals surface area contributed by atoms with E-state index in [9.17, 15) is 4.79 Å². The Morgan fingerprint density at radius 3 is 2.28 bits per heavy atom. The van der Waals surface area contributed by atoms with E-state index in [1.165, 1.54) is 5.56 Å². The average molecular weight is 326 g/mol. The Balaban J connectivity index is 1.83. The minimum atomic E-state index is -0.165. The Morgan fingerprint density at radius 1 is 0.800 bits per heavy atom. The van der Waals surface area contributed by atoms with Gasteiger partial charge >= 0.3 is 6.03 Å². The summed E-state index contributed by atoms with van der Waals surface area (Å²) in [7, 11) is 0. The summed E-state index contributed by atoms with van der Waals surface area (Å²) in [5, 5.41) is 4.02. The van der Waals surface area contributed by atoms with Crippen molar-refractivity contribution in [3.8, 4) is 11.1 Å². The molecular weight excluding hydrogens is 308 g/mol. The molecule has 0 fully saturated rings. The van der Waals surface area contributed by atoms with Crippen molar-refractivity contribution in [1.82, 2.24) is 4.57 Å². The molecule has 4 aromatic rings. The number of aromatic nitrogens is 1. The fraction of sp³-hybridized carbons (Fsp3) is 0.0455. The van der Waals surface area contributed by atoms with E-state index in [0.29, 0.717) is 0 Å². The van der Waals surface area contributed by atoms with Gasteiger partial charge in [-0.2, -0.15) is 0 Å². The highest BCUT2D eigenvalue weighted by Gasteiger charge is 2.15. The molecule has 0 unspecified atom stereocenters. The maximum atomic E-state index is 12.8. The first kappa shape index (κ1) is 15.2. The number of nitrogens with one attached hydrogen (secondary N) is 1. The topological polar surface area (TPSA) is 34.0 Å². The van der Waals surface area contributed by atoms with Crippen LogP contribution in [0.25, 0.3) is 22.0 Å². The molecule has 0 bridgehead atoms. The lowest BCUT2D eigenvalue weighted by atomic mass is 10.0. The van der Waals surface area contributed by atoms with Gasteiger partial charge in [0.2, 0.25) is 0 Å². The van der Waals surface area contributed by atoms with Crippen LogP contribution in [0.1, 0.15) is 5.56 Å². The van der Waals surface area contributed by atoms with Crippen LogP contribution in [0, 0.1) is 6.92 Å². The summed E-state index contributed by atoms with van der Waals surface area (Å²) in [6.07, 6.45) is 1.92. The number of benzene rings is 3. The summed E-state index contributed by atoms with van der Waals surface area (Å²) < 4.78 is 1.68. The third-order valence-electron chi connectivity index (χ3n) is 4.39. The molecule has 1 N–H and O–H groups in total. The number of hydrogen-bond acceptors (Lipinski definition) is 1. The lowest BCUT2D eigenvalue weighted by Crippen LogP contribution is -2.18. The molecule has 0 saturated carbocycles. The number of carbonyl (C=O) groups excluding carboxylic acids is 1. The van der Waals surface area contributed by atoms with Crippen LogP contribution in [-0.4, -0.2) is 10.6 Å². The van der Waals surface area contributed by atoms with Crippen molar-refractivity contribution < 1.29 is 4.79 Å². The number of nitrogens with zero attached hydrogens (tertiary/aromatic N) is 1. The van der Waals surface area contributed by atoms with Crippen LogP contribution in [0.4, 0.5) is 10.5 Å². The van der Waals surface area contributed by atoms with E-state index < -0.39 is 0 Å². The molecule has 0 saturated heterocycles. The number of para-hydroxylation sites is 2. The van der Waals surface area contributed by atoms with Gasteiger partial charge in [-0.1, -0.05) is 60.7 Å². The second-order valence-electron chi connectivity index (χ2n) is 6.04. The van der Waals surface area contributed by atoms with Gasteiger partial charge in [0.25, 0.3) is 0 Å². The summed E-state index contributed by atoms with van der Waals surface area (Å²) in [4.78, 5) is 12.8. The van der Waals surface area contributed by atoms with E-state index in [0.717, 1.165) is 27.7 Å². The molecule has 0 aliphatic rings. The average Bonchev–Trinajstić information content (AvgIpc) is 3.03. The molecule has 4 rings (SSSR count). The third kappa shape index (κ3) is 2.81. The third-order valence-corrected chi connectivity index (χ3v) is 4.39. The monoisotopic (exact) mass is 326 g/mol. The van der Waals surface area contributed by atoms with Gasteiger partial charge in [0.15, 0.2) is 0 Å². The SMILES string of the molecule is Cc1ccccc1-c1cn(C(=O)Nc2ccccc2)c2ccccc12. The van der Waals surface area contributed by atoms with Crippen LogP contribution in [0.15, 0.2) is 85.1 Å². The molecule has 0 spiro atoms. The van der Waals surface area contributed by atoms with Crippen LogP contribution in [-0.2, 0) is 0 Å². The smallest absolute Gasteiger partial charge is 0.307 e. The Kier molecular flexibility index (Phi) is 3.82. The van der Waals surface area contributed by atoms with Gasteiger partial charge in [-0.15, -0.1) is 0 Å². The molecular formula is C22H18N2O. The van der Waals surface area contributed by atoms with Crippen molar-refractivity contribution in [3.05, 3.63) is 90.6 Å². The highest BCUT2D eigenvalue weighted by molar-refractivity contribution is 6.04. The molecule has 122 valence electrons. The Bertz CT molecular complexity index is 1050. The molecule has 1 heterocycles. The van der Waals surface area contributed by atoms with Crippen molar-refractivity contribution in [2.45, 2.75) is 6.92 Å². The van der Waals surface area contributed by atoms with Gasteiger partial charge in [0.05, 0.1) is 5.52 Å². The van der Waals surface area contributed by atoms with Crippen molar-refractivity contribution in [3.63, 3.8) is 0 Å². The Hall–Kier alpha value is -3.33. The van der Waals surface area contributed by atoms with Crippen LogP contribution in [0.5, 0.6) is 0 Å². The van der Waals surface area contributed by atoms with Crippen LogP contribution in [0.3, 0.4) is 0 Å². The summed E-state index contributed by atoms with van der Waals surface area (Å²) in [6, 6.07) is 25.6. The number of carbonyl (C=O) groups is 1.